The maximum absolute atomic E-state index is 13.4. The summed E-state index contributed by atoms with van der Waals surface area (Å²) in [7, 11) is 0. The number of carboxylic acid groups (broad SMARTS) is 1. The molecule has 0 aliphatic heterocycles. The van der Waals surface area contributed by atoms with Crippen molar-refractivity contribution >= 4 is 23.7 Å². The van der Waals surface area contributed by atoms with Gasteiger partial charge in [-0.15, -0.1) is 0 Å². The summed E-state index contributed by atoms with van der Waals surface area (Å²) in [4.78, 5) is 51.5. The Morgan fingerprint density at radius 2 is 1.35 bits per heavy atom. The van der Waals surface area contributed by atoms with Gasteiger partial charge in [0.05, 0.1) is 6.04 Å². The number of amides is 3. The number of carbonyl (C=O) groups excluding carboxylic acids is 3. The lowest BCUT2D eigenvalue weighted by atomic mass is 9.96. The molecule has 10 heteroatoms. The number of nitrogens with one attached hydrogen (secondary N) is 3. The summed E-state index contributed by atoms with van der Waals surface area (Å²) in [6, 6.07) is 11.3. The summed E-state index contributed by atoms with van der Waals surface area (Å²) in [5, 5.41) is 27.2. The fourth-order valence-electron chi connectivity index (χ4n) is 4.23. The quantitative estimate of drug-likeness (QED) is 0.196. The number of carbonyl (C=O) groups is 4. The number of nitrogens with two attached hydrogens (primary N) is 1. The molecule has 0 radical (unpaired) electrons. The van der Waals surface area contributed by atoms with Gasteiger partial charge in [-0.05, 0) is 47.9 Å². The lowest BCUT2D eigenvalue weighted by Crippen LogP contribution is -2.59. The number of hydrogen-bond acceptors (Lipinski definition) is 6. The first kappa shape index (κ1) is 32.3. The highest BCUT2D eigenvalue weighted by Gasteiger charge is 2.33. The van der Waals surface area contributed by atoms with Crippen LogP contribution in [0.2, 0.25) is 0 Å². The van der Waals surface area contributed by atoms with Crippen LogP contribution < -0.4 is 21.7 Å². The molecule has 2 aromatic carbocycles. The van der Waals surface area contributed by atoms with Crippen molar-refractivity contribution in [3.8, 4) is 5.75 Å². The SMILES string of the molecule is CCC(C)C(NC(=O)C(N)Cc1ccccc1)C(=O)NC(CC(C)C)C(=O)NC(Cc1ccc(O)cc1)C(=O)O. The second-order valence-corrected chi connectivity index (χ2v) is 10.6. The second kappa shape index (κ2) is 15.6. The highest BCUT2D eigenvalue weighted by molar-refractivity contribution is 5.94. The first-order chi connectivity index (χ1) is 18.9. The van der Waals surface area contributed by atoms with Gasteiger partial charge in [-0.3, -0.25) is 14.4 Å². The molecule has 0 saturated heterocycles. The average molecular weight is 555 g/mol. The predicted molar refractivity (Wildman–Crippen MR) is 152 cm³/mol. The molecule has 0 aliphatic carbocycles. The van der Waals surface area contributed by atoms with Gasteiger partial charge in [0.1, 0.15) is 23.9 Å². The Morgan fingerprint density at radius 1 is 0.775 bits per heavy atom. The van der Waals surface area contributed by atoms with Crippen molar-refractivity contribution in [3.05, 3.63) is 65.7 Å². The third-order valence-corrected chi connectivity index (χ3v) is 6.76. The maximum atomic E-state index is 13.4. The smallest absolute Gasteiger partial charge is 0.326 e. The Morgan fingerprint density at radius 3 is 1.90 bits per heavy atom. The highest BCUT2D eigenvalue weighted by atomic mass is 16.4. The summed E-state index contributed by atoms with van der Waals surface area (Å²) in [5.74, 6) is -3.08. The van der Waals surface area contributed by atoms with Crippen LogP contribution in [0, 0.1) is 11.8 Å². The Labute approximate surface area is 235 Å². The van der Waals surface area contributed by atoms with E-state index in [2.05, 4.69) is 16.0 Å². The summed E-state index contributed by atoms with van der Waals surface area (Å²) in [6.45, 7) is 7.48. The number of phenols is 1. The van der Waals surface area contributed by atoms with E-state index in [1.54, 1.807) is 12.1 Å². The maximum Gasteiger partial charge on any atom is 0.326 e. The molecule has 5 atom stereocenters. The van der Waals surface area contributed by atoms with Crippen LogP contribution in [0.4, 0.5) is 0 Å². The number of aliphatic carboxylic acids is 1. The van der Waals surface area contributed by atoms with Crippen LogP contribution in [-0.4, -0.2) is 58.1 Å². The second-order valence-electron chi connectivity index (χ2n) is 10.6. The van der Waals surface area contributed by atoms with Gasteiger partial charge in [0, 0.05) is 6.42 Å². The Hall–Kier alpha value is -3.92. The van der Waals surface area contributed by atoms with E-state index < -0.39 is 47.9 Å². The van der Waals surface area contributed by atoms with Crippen molar-refractivity contribution in [1.82, 2.24) is 16.0 Å². The van der Waals surface area contributed by atoms with Crippen LogP contribution in [0.3, 0.4) is 0 Å². The molecule has 10 nitrogen and oxygen atoms in total. The molecule has 2 rings (SSSR count). The van der Waals surface area contributed by atoms with Gasteiger partial charge in [-0.2, -0.15) is 0 Å². The first-order valence-electron chi connectivity index (χ1n) is 13.6. The molecule has 0 saturated carbocycles. The molecule has 3 amide bonds. The van der Waals surface area contributed by atoms with Crippen molar-refractivity contribution in [1.29, 1.82) is 0 Å². The minimum absolute atomic E-state index is 0.00540. The summed E-state index contributed by atoms with van der Waals surface area (Å²) < 4.78 is 0. The van der Waals surface area contributed by atoms with E-state index in [0.29, 0.717) is 18.4 Å². The number of rotatable bonds is 15. The Balaban J connectivity index is 2.14. The van der Waals surface area contributed by atoms with Crippen LogP contribution in [0.5, 0.6) is 5.75 Å². The highest BCUT2D eigenvalue weighted by Crippen LogP contribution is 2.14. The fourth-order valence-corrected chi connectivity index (χ4v) is 4.23. The van der Waals surface area contributed by atoms with Crippen molar-refractivity contribution < 1.29 is 29.4 Å². The van der Waals surface area contributed by atoms with E-state index in [1.807, 2.05) is 58.0 Å². The predicted octanol–water partition coefficient (Wildman–Crippen LogP) is 2.14. The van der Waals surface area contributed by atoms with Gasteiger partial charge in [0.15, 0.2) is 0 Å². The van der Waals surface area contributed by atoms with Gasteiger partial charge in [0.25, 0.3) is 0 Å². The summed E-state index contributed by atoms with van der Waals surface area (Å²) in [6.07, 6.45) is 1.14. The van der Waals surface area contributed by atoms with E-state index in [0.717, 1.165) is 5.56 Å². The molecule has 7 N–H and O–H groups in total. The van der Waals surface area contributed by atoms with E-state index in [-0.39, 0.29) is 30.4 Å². The zero-order valence-corrected chi connectivity index (χ0v) is 23.6. The first-order valence-corrected chi connectivity index (χ1v) is 13.6. The van der Waals surface area contributed by atoms with Crippen LogP contribution in [-0.2, 0) is 32.0 Å². The van der Waals surface area contributed by atoms with Crippen LogP contribution >= 0.6 is 0 Å². The summed E-state index contributed by atoms with van der Waals surface area (Å²) >= 11 is 0. The van der Waals surface area contributed by atoms with Crippen molar-refractivity contribution in [3.63, 3.8) is 0 Å². The van der Waals surface area contributed by atoms with E-state index in [9.17, 15) is 29.4 Å². The topological polar surface area (TPSA) is 171 Å². The number of hydrogen-bond donors (Lipinski definition) is 6. The van der Waals surface area contributed by atoms with Gasteiger partial charge in [-0.1, -0.05) is 76.6 Å². The zero-order chi connectivity index (χ0) is 29.8. The minimum atomic E-state index is -1.25. The molecular weight excluding hydrogens is 512 g/mol. The van der Waals surface area contributed by atoms with E-state index in [4.69, 9.17) is 5.73 Å². The normalized spacial score (nSPS) is 14.8. The fraction of sp³-hybridized carbons (Fsp3) is 0.467. The van der Waals surface area contributed by atoms with Crippen molar-refractivity contribution in [2.75, 3.05) is 0 Å². The summed E-state index contributed by atoms with van der Waals surface area (Å²) in [5.41, 5.74) is 7.64. The van der Waals surface area contributed by atoms with Crippen LogP contribution in [0.15, 0.2) is 54.6 Å². The lowest BCUT2D eigenvalue weighted by molar-refractivity contribution is -0.142. The van der Waals surface area contributed by atoms with Gasteiger partial charge in [0.2, 0.25) is 17.7 Å². The minimum Gasteiger partial charge on any atom is -0.508 e. The third kappa shape index (κ3) is 10.3. The molecule has 5 unspecified atom stereocenters. The van der Waals surface area contributed by atoms with E-state index >= 15 is 0 Å². The van der Waals surface area contributed by atoms with Crippen molar-refractivity contribution in [2.24, 2.45) is 17.6 Å². The molecule has 2 aromatic rings. The molecule has 40 heavy (non-hydrogen) atoms. The molecule has 0 aromatic heterocycles. The molecular formula is C30H42N4O6. The van der Waals surface area contributed by atoms with E-state index in [1.165, 1.54) is 12.1 Å². The standard InChI is InChI=1S/C30H42N4O6/c1-5-19(4)26(34-27(36)23(31)16-20-9-7-6-8-10-20)29(38)32-24(15-18(2)3)28(37)33-25(30(39)40)17-21-11-13-22(35)14-12-21/h6-14,18-19,23-26,35H,5,15-17,31H2,1-4H3,(H,32,38)(H,33,37)(H,34,36)(H,39,40). The zero-order valence-electron chi connectivity index (χ0n) is 23.6. The molecule has 218 valence electrons. The molecule has 0 bridgehead atoms. The largest absolute Gasteiger partial charge is 0.508 e. The monoisotopic (exact) mass is 554 g/mol. The Kier molecular flexibility index (Phi) is 12.6. The van der Waals surface area contributed by atoms with Crippen LogP contribution in [0.1, 0.15) is 51.7 Å². The molecule has 0 spiro atoms. The third-order valence-electron chi connectivity index (χ3n) is 6.76. The number of aromatic hydroxyl groups is 1. The number of benzene rings is 2. The van der Waals surface area contributed by atoms with Gasteiger partial charge >= 0.3 is 5.97 Å². The molecule has 0 fully saturated rings. The van der Waals surface area contributed by atoms with Gasteiger partial charge in [-0.25, -0.2) is 4.79 Å². The van der Waals surface area contributed by atoms with Crippen molar-refractivity contribution in [2.45, 2.75) is 77.5 Å². The molecule has 0 aliphatic rings. The van der Waals surface area contributed by atoms with Crippen LogP contribution in [0.25, 0.3) is 0 Å². The van der Waals surface area contributed by atoms with Gasteiger partial charge < -0.3 is 31.9 Å². The number of carboxylic acids is 1. The average Bonchev–Trinajstić information content (AvgIpc) is 2.91. The number of phenolic OH excluding ortho intramolecular Hbond substituents is 1. The Bertz CT molecular complexity index is 1120. The molecule has 0 heterocycles. The lowest BCUT2D eigenvalue weighted by Gasteiger charge is -2.28.